The molecule has 6 rings (SSSR count). The van der Waals surface area contributed by atoms with Gasteiger partial charge in [0, 0.05) is 22.6 Å². The lowest BCUT2D eigenvalue weighted by Gasteiger charge is -2.26. The van der Waals surface area contributed by atoms with Gasteiger partial charge in [-0.15, -0.1) is 0 Å². The van der Waals surface area contributed by atoms with Gasteiger partial charge in [-0.3, -0.25) is 0 Å². The number of ether oxygens (including phenoxy) is 3. The minimum atomic E-state index is -0.611. The smallest absolute Gasteiger partial charge is 0.379 e. The Hall–Kier alpha value is -5.48. The third kappa shape index (κ3) is 5.31. The van der Waals surface area contributed by atoms with Crippen molar-refractivity contribution in [2.24, 2.45) is 5.73 Å². The minimum absolute atomic E-state index is 0.00199. The molecule has 1 atom stereocenters. The Bertz CT molecular complexity index is 1940. The first-order chi connectivity index (χ1) is 20.7. The number of nitrogens with two attached hydrogens (primary N) is 1. The predicted octanol–water partition coefficient (Wildman–Crippen LogP) is 7.68. The first-order valence-corrected chi connectivity index (χ1v) is 13.9. The van der Waals surface area contributed by atoms with Crippen molar-refractivity contribution >= 4 is 16.9 Å². The zero-order valence-electron chi connectivity index (χ0n) is 24.4. The average Bonchev–Trinajstić information content (AvgIpc) is 3.32. The van der Waals surface area contributed by atoms with Crippen LogP contribution in [0.25, 0.3) is 11.0 Å². The molecule has 0 aliphatic carbocycles. The summed E-state index contributed by atoms with van der Waals surface area (Å²) in [4.78, 5) is 13.2. The predicted molar refractivity (Wildman–Crippen MR) is 163 cm³/mol. The largest absolute Gasteiger partial charge is 0.489 e. The van der Waals surface area contributed by atoms with Crippen LogP contribution in [-0.4, -0.2) is 5.97 Å². The molecule has 1 aromatic heterocycles. The van der Waals surface area contributed by atoms with Crippen molar-refractivity contribution in [3.05, 3.63) is 135 Å². The number of benzene rings is 4. The van der Waals surface area contributed by atoms with Gasteiger partial charge < -0.3 is 24.4 Å². The molecule has 1 aliphatic rings. The topological polar surface area (TPSA) is 108 Å². The van der Waals surface area contributed by atoms with E-state index in [2.05, 4.69) is 24.3 Å². The SMILES string of the molecule is Cc1ccc(COc2ccc(C3C(C#N)=C(N)Oc4cc(OC(=O)c5oc6cc(C)cc(C)c6c5C)ccc43)cc2)cc1. The van der Waals surface area contributed by atoms with Gasteiger partial charge in [0.15, 0.2) is 0 Å². The van der Waals surface area contributed by atoms with Crippen molar-refractivity contribution in [3.8, 4) is 23.3 Å². The van der Waals surface area contributed by atoms with Crippen LogP contribution in [0, 0.1) is 39.0 Å². The van der Waals surface area contributed by atoms with Crippen LogP contribution in [0.1, 0.15) is 55.4 Å². The standard InChI is InChI=1S/C36H30N2O5/c1-20-5-7-24(8-6-20)19-40-26-11-9-25(10-12-26)33-28-14-13-27(17-30(28)43-35(38)29(33)18-37)41-36(39)34-23(4)32-22(3)15-21(2)16-31(32)42-34/h5-17,33H,19,38H2,1-4H3. The van der Waals surface area contributed by atoms with Crippen molar-refractivity contribution < 1.29 is 23.4 Å². The third-order valence-corrected chi connectivity index (χ3v) is 7.70. The van der Waals surface area contributed by atoms with Gasteiger partial charge in [-0.25, -0.2) is 4.79 Å². The fraction of sp³-hybridized carbons (Fsp3) is 0.167. The molecular formula is C36H30N2O5. The van der Waals surface area contributed by atoms with Gasteiger partial charge in [0.2, 0.25) is 11.6 Å². The summed E-state index contributed by atoms with van der Waals surface area (Å²) in [6, 6.07) is 27.0. The Morgan fingerprint density at radius 1 is 0.907 bits per heavy atom. The van der Waals surface area contributed by atoms with E-state index < -0.39 is 11.9 Å². The van der Waals surface area contributed by atoms with E-state index in [1.807, 2.05) is 70.2 Å². The number of esters is 1. The molecule has 214 valence electrons. The van der Waals surface area contributed by atoms with Crippen LogP contribution in [0.2, 0.25) is 0 Å². The van der Waals surface area contributed by atoms with Crippen LogP contribution in [0.5, 0.6) is 17.2 Å². The zero-order chi connectivity index (χ0) is 30.2. The fourth-order valence-electron chi connectivity index (χ4n) is 5.59. The number of furan rings is 1. The third-order valence-electron chi connectivity index (χ3n) is 7.70. The summed E-state index contributed by atoms with van der Waals surface area (Å²) in [5.41, 5.74) is 13.8. The van der Waals surface area contributed by atoms with Crippen LogP contribution in [0.15, 0.2) is 94.7 Å². The van der Waals surface area contributed by atoms with Crippen molar-refractivity contribution in [1.29, 1.82) is 5.26 Å². The number of nitrogens with zero attached hydrogens (tertiary/aromatic N) is 1. The van der Waals surface area contributed by atoms with Crippen LogP contribution >= 0.6 is 0 Å². The maximum Gasteiger partial charge on any atom is 0.379 e. The summed E-state index contributed by atoms with van der Waals surface area (Å²) in [6.07, 6.45) is 0. The molecule has 0 spiro atoms. The molecule has 0 bridgehead atoms. The molecule has 0 saturated carbocycles. The molecule has 0 saturated heterocycles. The highest BCUT2D eigenvalue weighted by Gasteiger charge is 2.31. The molecule has 7 nitrogen and oxygen atoms in total. The van der Waals surface area contributed by atoms with Crippen molar-refractivity contribution in [3.63, 3.8) is 0 Å². The normalized spacial score (nSPS) is 14.2. The second-order valence-electron chi connectivity index (χ2n) is 10.9. The van der Waals surface area contributed by atoms with E-state index in [1.54, 1.807) is 18.2 Å². The average molecular weight is 571 g/mol. The van der Waals surface area contributed by atoms with E-state index in [-0.39, 0.29) is 17.4 Å². The van der Waals surface area contributed by atoms with Gasteiger partial charge in [0.05, 0.1) is 5.92 Å². The minimum Gasteiger partial charge on any atom is -0.489 e. The van der Waals surface area contributed by atoms with E-state index in [9.17, 15) is 10.1 Å². The van der Waals surface area contributed by atoms with Crippen LogP contribution < -0.4 is 19.9 Å². The number of hydrogen-bond acceptors (Lipinski definition) is 7. The van der Waals surface area contributed by atoms with E-state index in [1.165, 1.54) is 5.56 Å². The van der Waals surface area contributed by atoms with Crippen LogP contribution in [0.3, 0.4) is 0 Å². The second-order valence-corrected chi connectivity index (χ2v) is 10.9. The molecule has 43 heavy (non-hydrogen) atoms. The number of nitriles is 1. The summed E-state index contributed by atoms with van der Waals surface area (Å²) >= 11 is 0. The summed E-state index contributed by atoms with van der Waals surface area (Å²) < 4.78 is 23.4. The molecule has 2 heterocycles. The highest BCUT2D eigenvalue weighted by molar-refractivity contribution is 5.98. The van der Waals surface area contributed by atoms with Crippen LogP contribution in [0.4, 0.5) is 0 Å². The van der Waals surface area contributed by atoms with Gasteiger partial charge >= 0.3 is 5.97 Å². The molecule has 7 heteroatoms. The van der Waals surface area contributed by atoms with Crippen molar-refractivity contribution in [2.75, 3.05) is 0 Å². The first-order valence-electron chi connectivity index (χ1n) is 13.9. The number of aryl methyl sites for hydroxylation is 4. The lowest BCUT2D eigenvalue weighted by Crippen LogP contribution is -2.21. The number of fused-ring (bicyclic) bond motifs is 2. The molecule has 0 amide bonds. The maximum absolute atomic E-state index is 13.2. The Labute approximate surface area is 249 Å². The van der Waals surface area contributed by atoms with Gasteiger partial charge in [-0.1, -0.05) is 54.1 Å². The molecule has 4 aromatic carbocycles. The molecule has 5 aromatic rings. The van der Waals surface area contributed by atoms with E-state index in [0.29, 0.717) is 29.3 Å². The Morgan fingerprint density at radius 3 is 2.35 bits per heavy atom. The van der Waals surface area contributed by atoms with Gasteiger partial charge in [0.25, 0.3) is 0 Å². The summed E-state index contributed by atoms with van der Waals surface area (Å²) in [7, 11) is 0. The number of carbonyl (C=O) groups excluding carboxylic acids is 1. The number of rotatable bonds is 6. The molecule has 1 unspecified atom stereocenters. The lowest BCUT2D eigenvalue weighted by atomic mass is 9.83. The highest BCUT2D eigenvalue weighted by Crippen LogP contribution is 2.44. The maximum atomic E-state index is 13.2. The Kier molecular flexibility index (Phi) is 7.12. The number of hydrogen-bond donors (Lipinski definition) is 1. The second kappa shape index (κ2) is 11.1. The molecular weight excluding hydrogens is 540 g/mol. The molecule has 0 radical (unpaired) electrons. The van der Waals surface area contributed by atoms with E-state index in [4.69, 9.17) is 24.4 Å². The summed E-state index contributed by atoms with van der Waals surface area (Å²) in [5, 5.41) is 10.9. The Morgan fingerprint density at radius 2 is 1.63 bits per heavy atom. The monoisotopic (exact) mass is 570 g/mol. The zero-order valence-corrected chi connectivity index (χ0v) is 24.4. The molecule has 1 aliphatic heterocycles. The first kappa shape index (κ1) is 27.7. The van der Waals surface area contributed by atoms with Crippen molar-refractivity contribution in [2.45, 2.75) is 40.2 Å². The number of carbonyl (C=O) groups is 1. The molecule has 2 N–H and O–H groups in total. The van der Waals surface area contributed by atoms with Gasteiger partial charge in [0.1, 0.15) is 41.1 Å². The highest BCUT2D eigenvalue weighted by atomic mass is 16.5. The lowest BCUT2D eigenvalue weighted by molar-refractivity contribution is 0.0702. The van der Waals surface area contributed by atoms with Crippen molar-refractivity contribution in [1.82, 2.24) is 0 Å². The molecule has 0 fully saturated rings. The quantitative estimate of drug-likeness (QED) is 0.165. The fourth-order valence-corrected chi connectivity index (χ4v) is 5.59. The van der Waals surface area contributed by atoms with Gasteiger partial charge in [-0.05, 0) is 74.2 Å². The van der Waals surface area contributed by atoms with Crippen LogP contribution in [-0.2, 0) is 6.61 Å². The summed E-state index contributed by atoms with van der Waals surface area (Å²) in [6.45, 7) is 8.31. The van der Waals surface area contributed by atoms with E-state index >= 15 is 0 Å². The number of allylic oxidation sites excluding steroid dienone is 1. The Balaban J connectivity index is 1.24. The van der Waals surface area contributed by atoms with Gasteiger partial charge in [-0.2, -0.15) is 5.26 Å². The summed E-state index contributed by atoms with van der Waals surface area (Å²) in [5.74, 6) is 0.454. The van der Waals surface area contributed by atoms with E-state index in [0.717, 1.165) is 38.8 Å².